The van der Waals surface area contributed by atoms with Gasteiger partial charge in [-0.05, 0) is 31.6 Å². The van der Waals surface area contributed by atoms with Crippen molar-refractivity contribution in [3.8, 4) is 18.2 Å². The minimum absolute atomic E-state index is 0.0914. The highest BCUT2D eigenvalue weighted by atomic mass is 35.5. The Balaban J connectivity index is 2.37. The standard InChI is InChI=1S/C21H19ClFN5/c1-12(2)28-7-6-13-14(8-24)20(27)21(10-25,11-26)19(15(13)9-28)18-16(22)4-3-5-17(18)23/h3-6,12,15,19H,7,9,27H2,1-2H3/t15-,19+/m1/s1. The highest BCUT2D eigenvalue weighted by Crippen LogP contribution is 2.55. The number of rotatable bonds is 2. The Morgan fingerprint density at radius 1 is 1.29 bits per heavy atom. The molecule has 1 aliphatic heterocycles. The molecule has 142 valence electrons. The third kappa shape index (κ3) is 2.76. The molecule has 0 aromatic heterocycles. The number of hydrogen-bond acceptors (Lipinski definition) is 5. The maximum absolute atomic E-state index is 14.9. The van der Waals surface area contributed by atoms with Crippen LogP contribution in [0.3, 0.4) is 0 Å². The second kappa shape index (κ2) is 7.28. The molecule has 1 aromatic rings. The highest BCUT2D eigenvalue weighted by Gasteiger charge is 2.55. The molecule has 28 heavy (non-hydrogen) atoms. The predicted molar refractivity (Wildman–Crippen MR) is 103 cm³/mol. The Labute approximate surface area is 168 Å². The molecular formula is C21H19ClFN5. The number of halogens is 2. The number of hydrogen-bond donors (Lipinski definition) is 1. The lowest BCUT2D eigenvalue weighted by molar-refractivity contribution is 0.172. The van der Waals surface area contributed by atoms with Crippen molar-refractivity contribution in [2.45, 2.75) is 25.8 Å². The highest BCUT2D eigenvalue weighted by molar-refractivity contribution is 6.31. The molecule has 2 aliphatic rings. The summed E-state index contributed by atoms with van der Waals surface area (Å²) < 4.78 is 14.9. The number of allylic oxidation sites excluding steroid dienone is 2. The maximum atomic E-state index is 14.9. The van der Waals surface area contributed by atoms with Gasteiger partial charge in [0.1, 0.15) is 11.9 Å². The number of benzene rings is 1. The van der Waals surface area contributed by atoms with Crippen molar-refractivity contribution in [1.82, 2.24) is 4.90 Å². The Morgan fingerprint density at radius 2 is 1.96 bits per heavy atom. The van der Waals surface area contributed by atoms with Crippen LogP contribution in [0.2, 0.25) is 5.02 Å². The van der Waals surface area contributed by atoms with Crippen molar-refractivity contribution in [2.24, 2.45) is 17.1 Å². The molecular weight excluding hydrogens is 377 g/mol. The lowest BCUT2D eigenvalue weighted by Gasteiger charge is -2.46. The van der Waals surface area contributed by atoms with Gasteiger partial charge in [-0.1, -0.05) is 23.7 Å². The van der Waals surface area contributed by atoms with E-state index < -0.39 is 23.1 Å². The topological polar surface area (TPSA) is 101 Å². The molecule has 7 heteroatoms. The van der Waals surface area contributed by atoms with E-state index in [-0.39, 0.29) is 27.9 Å². The van der Waals surface area contributed by atoms with Gasteiger partial charge < -0.3 is 5.73 Å². The molecule has 1 aliphatic carbocycles. The first-order chi connectivity index (χ1) is 13.3. The van der Waals surface area contributed by atoms with E-state index in [9.17, 15) is 20.2 Å². The summed E-state index contributed by atoms with van der Waals surface area (Å²) in [6.07, 6.45) is 1.89. The molecule has 0 radical (unpaired) electrons. The van der Waals surface area contributed by atoms with Crippen LogP contribution < -0.4 is 5.73 Å². The van der Waals surface area contributed by atoms with Gasteiger partial charge in [0.25, 0.3) is 0 Å². The molecule has 3 rings (SSSR count). The molecule has 1 aromatic carbocycles. The summed E-state index contributed by atoms with van der Waals surface area (Å²) in [7, 11) is 0. The van der Waals surface area contributed by atoms with Gasteiger partial charge in [0, 0.05) is 41.6 Å². The van der Waals surface area contributed by atoms with Crippen LogP contribution in [0, 0.1) is 51.1 Å². The summed E-state index contributed by atoms with van der Waals surface area (Å²) in [5.41, 5.74) is 5.07. The van der Waals surface area contributed by atoms with E-state index in [1.54, 1.807) is 0 Å². The average molecular weight is 396 g/mol. The van der Waals surface area contributed by atoms with E-state index in [1.807, 2.05) is 32.1 Å². The van der Waals surface area contributed by atoms with Crippen LogP contribution in [0.5, 0.6) is 0 Å². The van der Waals surface area contributed by atoms with Gasteiger partial charge in [-0.15, -0.1) is 0 Å². The summed E-state index contributed by atoms with van der Waals surface area (Å²) >= 11 is 6.34. The average Bonchev–Trinajstić information content (AvgIpc) is 2.68. The molecule has 0 saturated carbocycles. The fourth-order valence-electron chi connectivity index (χ4n) is 4.24. The quantitative estimate of drug-likeness (QED) is 0.824. The summed E-state index contributed by atoms with van der Waals surface area (Å²) in [5, 5.41) is 29.9. The Morgan fingerprint density at radius 3 is 2.50 bits per heavy atom. The van der Waals surface area contributed by atoms with Gasteiger partial charge in [-0.2, -0.15) is 15.8 Å². The van der Waals surface area contributed by atoms with E-state index in [2.05, 4.69) is 11.0 Å². The largest absolute Gasteiger partial charge is 0.399 e. The number of nitrogens with two attached hydrogens (primary N) is 1. The summed E-state index contributed by atoms with van der Waals surface area (Å²) in [6.45, 7) is 5.13. The number of nitrogens with zero attached hydrogens (tertiary/aromatic N) is 4. The second-order valence-electron chi connectivity index (χ2n) is 7.36. The first-order valence-corrected chi connectivity index (χ1v) is 9.31. The molecule has 0 unspecified atom stereocenters. The van der Waals surface area contributed by atoms with Crippen LogP contribution in [-0.4, -0.2) is 24.0 Å². The van der Waals surface area contributed by atoms with Crippen molar-refractivity contribution >= 4 is 11.6 Å². The van der Waals surface area contributed by atoms with E-state index in [1.165, 1.54) is 18.2 Å². The van der Waals surface area contributed by atoms with Gasteiger partial charge in [0.05, 0.1) is 23.4 Å². The minimum Gasteiger partial charge on any atom is -0.399 e. The van der Waals surface area contributed by atoms with Crippen LogP contribution >= 0.6 is 11.6 Å². The van der Waals surface area contributed by atoms with Crippen LogP contribution in [-0.2, 0) is 0 Å². The molecule has 0 bridgehead atoms. The van der Waals surface area contributed by atoms with Crippen molar-refractivity contribution in [3.63, 3.8) is 0 Å². The Bertz CT molecular complexity index is 971. The minimum atomic E-state index is -1.89. The van der Waals surface area contributed by atoms with Crippen LogP contribution in [0.25, 0.3) is 0 Å². The zero-order valence-electron chi connectivity index (χ0n) is 15.6. The fourth-order valence-corrected chi connectivity index (χ4v) is 4.52. The third-order valence-electron chi connectivity index (χ3n) is 5.73. The number of nitriles is 3. The second-order valence-corrected chi connectivity index (χ2v) is 7.77. The predicted octanol–water partition coefficient (Wildman–Crippen LogP) is 3.61. The van der Waals surface area contributed by atoms with Crippen LogP contribution in [0.4, 0.5) is 4.39 Å². The van der Waals surface area contributed by atoms with Gasteiger partial charge in [0.2, 0.25) is 0 Å². The van der Waals surface area contributed by atoms with Crippen molar-refractivity contribution in [2.75, 3.05) is 13.1 Å². The van der Waals surface area contributed by atoms with Crippen LogP contribution in [0.1, 0.15) is 25.3 Å². The molecule has 2 N–H and O–H groups in total. The molecule has 0 saturated heterocycles. The lowest BCUT2D eigenvalue weighted by atomic mass is 9.58. The first kappa shape index (κ1) is 19.9. The van der Waals surface area contributed by atoms with Crippen molar-refractivity contribution < 1.29 is 4.39 Å². The Kier molecular flexibility index (Phi) is 5.18. The maximum Gasteiger partial charge on any atom is 0.191 e. The molecule has 0 amide bonds. The van der Waals surface area contributed by atoms with Gasteiger partial charge in [-0.3, -0.25) is 4.90 Å². The zero-order chi connectivity index (χ0) is 20.6. The van der Waals surface area contributed by atoms with Crippen LogP contribution in [0.15, 0.2) is 41.1 Å². The zero-order valence-corrected chi connectivity index (χ0v) is 16.3. The number of fused-ring (bicyclic) bond motifs is 1. The van der Waals surface area contributed by atoms with Crippen molar-refractivity contribution in [3.05, 3.63) is 57.5 Å². The third-order valence-corrected chi connectivity index (χ3v) is 6.06. The fraction of sp³-hybridized carbons (Fsp3) is 0.381. The van der Waals surface area contributed by atoms with E-state index in [0.29, 0.717) is 18.7 Å². The van der Waals surface area contributed by atoms with E-state index >= 15 is 0 Å². The molecule has 5 nitrogen and oxygen atoms in total. The van der Waals surface area contributed by atoms with Gasteiger partial charge in [-0.25, -0.2) is 4.39 Å². The van der Waals surface area contributed by atoms with Crippen molar-refractivity contribution in [1.29, 1.82) is 15.8 Å². The van der Waals surface area contributed by atoms with E-state index in [0.717, 1.165) is 0 Å². The smallest absolute Gasteiger partial charge is 0.191 e. The SMILES string of the molecule is CC(C)N1CC=C2C(C#N)=C(N)C(C#N)(C#N)[C@H](c3c(F)cccc3Cl)[C@@H]2C1. The van der Waals surface area contributed by atoms with E-state index in [4.69, 9.17) is 17.3 Å². The summed E-state index contributed by atoms with van der Waals surface area (Å²) in [4.78, 5) is 2.14. The van der Waals surface area contributed by atoms with Gasteiger partial charge >= 0.3 is 0 Å². The molecule has 0 fully saturated rings. The molecule has 2 atom stereocenters. The monoisotopic (exact) mass is 395 g/mol. The first-order valence-electron chi connectivity index (χ1n) is 8.93. The molecule has 0 spiro atoms. The van der Waals surface area contributed by atoms with Gasteiger partial charge in [0.15, 0.2) is 5.41 Å². The molecule has 1 heterocycles. The Hall–Kier alpha value is -2.85. The normalized spacial score (nSPS) is 24.0. The lowest BCUT2D eigenvalue weighted by Crippen LogP contribution is -2.49. The summed E-state index contributed by atoms with van der Waals surface area (Å²) in [5.74, 6) is -1.99. The summed E-state index contributed by atoms with van der Waals surface area (Å²) in [6, 6.07) is 10.5.